The first-order valence-corrected chi connectivity index (χ1v) is 14.3. The van der Waals surface area contributed by atoms with Gasteiger partial charge in [-0.15, -0.1) is 5.10 Å². The van der Waals surface area contributed by atoms with E-state index in [1.807, 2.05) is 0 Å². The van der Waals surface area contributed by atoms with E-state index in [1.165, 1.54) is 87.9 Å². The van der Waals surface area contributed by atoms with Crippen molar-refractivity contribution in [3.05, 3.63) is 11.9 Å². The van der Waals surface area contributed by atoms with E-state index in [1.54, 1.807) is 0 Å². The molecule has 0 unspecified atom stereocenters. The van der Waals surface area contributed by atoms with Gasteiger partial charge in [0.1, 0.15) is 36.7 Å². The van der Waals surface area contributed by atoms with Crippen LogP contribution in [0, 0.1) is 0 Å². The van der Waals surface area contributed by atoms with Crippen LogP contribution in [-0.2, 0) is 20.9 Å². The fourth-order valence-electron chi connectivity index (χ4n) is 4.67. The zero-order chi connectivity index (χ0) is 26.9. The number of hydrogen-bond acceptors (Lipinski definition) is 9. The minimum atomic E-state index is -1.50. The normalized spacial score (nSPS) is 23.9. The molecule has 0 radical (unpaired) electrons. The van der Waals surface area contributed by atoms with Crippen LogP contribution in [0.3, 0.4) is 0 Å². The van der Waals surface area contributed by atoms with Crippen molar-refractivity contribution >= 4 is 5.97 Å². The molecule has 10 heteroatoms. The van der Waals surface area contributed by atoms with Crippen LogP contribution < -0.4 is 0 Å². The molecule has 1 fully saturated rings. The molecule has 2 heterocycles. The maximum atomic E-state index is 12.0. The molecule has 1 aromatic rings. The summed E-state index contributed by atoms with van der Waals surface area (Å²) in [7, 11) is 0. The Morgan fingerprint density at radius 2 is 1.41 bits per heavy atom. The van der Waals surface area contributed by atoms with E-state index in [0.717, 1.165) is 19.3 Å². The van der Waals surface area contributed by atoms with Crippen LogP contribution in [0.2, 0.25) is 0 Å². The van der Waals surface area contributed by atoms with E-state index in [9.17, 15) is 25.2 Å². The van der Waals surface area contributed by atoms with E-state index in [0.29, 0.717) is 12.1 Å². The van der Waals surface area contributed by atoms with Crippen LogP contribution in [0.5, 0.6) is 0 Å². The minimum absolute atomic E-state index is 0.0605. The largest absolute Gasteiger partial charge is 0.459 e. The quantitative estimate of drug-likeness (QED) is 0.148. The molecule has 4 N–H and O–H groups in total. The molecule has 214 valence electrons. The van der Waals surface area contributed by atoms with E-state index in [4.69, 9.17) is 9.47 Å². The molecule has 1 aromatic heterocycles. The van der Waals surface area contributed by atoms with Crippen LogP contribution in [-0.4, -0.2) is 72.4 Å². The van der Waals surface area contributed by atoms with Gasteiger partial charge < -0.3 is 29.9 Å². The molecule has 0 spiro atoms. The third kappa shape index (κ3) is 11.8. The molecular formula is C27H49N3O7. The average molecular weight is 528 g/mol. The Morgan fingerprint density at radius 3 is 1.95 bits per heavy atom. The van der Waals surface area contributed by atoms with Gasteiger partial charge in [0, 0.05) is 6.42 Å². The molecule has 0 bridgehead atoms. The number of aliphatic hydroxyl groups excluding tert-OH is 4. The summed E-state index contributed by atoms with van der Waals surface area (Å²) >= 11 is 0. The fraction of sp³-hybridized carbons (Fsp3) is 0.889. The second-order valence-electron chi connectivity index (χ2n) is 10.3. The number of nitrogens with zero attached hydrogens (tertiary/aromatic N) is 3. The van der Waals surface area contributed by atoms with Crippen LogP contribution >= 0.6 is 0 Å². The highest BCUT2D eigenvalue weighted by atomic mass is 16.6. The third-order valence-corrected chi connectivity index (χ3v) is 7.05. The summed E-state index contributed by atoms with van der Waals surface area (Å²) in [5, 5.41) is 47.0. The van der Waals surface area contributed by atoms with Crippen molar-refractivity contribution in [1.29, 1.82) is 0 Å². The van der Waals surface area contributed by atoms with Crippen molar-refractivity contribution < 1.29 is 34.7 Å². The molecule has 0 aromatic carbocycles. The maximum Gasteiger partial charge on any atom is 0.306 e. The molecule has 1 aliphatic heterocycles. The van der Waals surface area contributed by atoms with Crippen molar-refractivity contribution in [3.63, 3.8) is 0 Å². The summed E-state index contributed by atoms with van der Waals surface area (Å²) in [5.41, 5.74) is 0.363. The summed E-state index contributed by atoms with van der Waals surface area (Å²) in [6.07, 6.45) is 14.3. The average Bonchev–Trinajstić information content (AvgIpc) is 3.37. The SMILES string of the molecule is CCCCCCCCCCCCCCCCCC(=O)OCc1cn([C@@H]2O[C@H](CO)[C@@H](O)[C@H](O)[C@H]2O)nn1. The van der Waals surface area contributed by atoms with Crippen LogP contribution in [0.4, 0.5) is 0 Å². The smallest absolute Gasteiger partial charge is 0.306 e. The predicted molar refractivity (Wildman–Crippen MR) is 138 cm³/mol. The summed E-state index contributed by atoms with van der Waals surface area (Å²) in [4.78, 5) is 12.0. The lowest BCUT2D eigenvalue weighted by Crippen LogP contribution is -2.56. The lowest BCUT2D eigenvalue weighted by Gasteiger charge is -2.39. The predicted octanol–water partition coefficient (Wildman–Crippen LogP) is 3.56. The number of aliphatic hydroxyl groups is 4. The Balaban J connectivity index is 1.48. The number of aromatic nitrogens is 3. The Morgan fingerprint density at radius 1 is 0.865 bits per heavy atom. The number of hydrogen-bond donors (Lipinski definition) is 4. The van der Waals surface area contributed by atoms with Crippen LogP contribution in [0.1, 0.15) is 122 Å². The van der Waals surface area contributed by atoms with Gasteiger partial charge in [-0.1, -0.05) is 102 Å². The molecule has 2 rings (SSSR count). The molecule has 0 aliphatic carbocycles. The number of unbranched alkanes of at least 4 members (excludes halogenated alkanes) is 14. The lowest BCUT2D eigenvalue weighted by molar-refractivity contribution is -0.254. The summed E-state index contributed by atoms with van der Waals surface area (Å²) in [6, 6.07) is 0. The highest BCUT2D eigenvalue weighted by Crippen LogP contribution is 2.27. The Kier molecular flexibility index (Phi) is 15.9. The first-order valence-electron chi connectivity index (χ1n) is 14.3. The van der Waals surface area contributed by atoms with Gasteiger partial charge in [0.25, 0.3) is 0 Å². The minimum Gasteiger partial charge on any atom is -0.459 e. The van der Waals surface area contributed by atoms with Gasteiger partial charge in [-0.05, 0) is 6.42 Å². The fourth-order valence-corrected chi connectivity index (χ4v) is 4.67. The lowest BCUT2D eigenvalue weighted by atomic mass is 9.98. The summed E-state index contributed by atoms with van der Waals surface area (Å²) in [5.74, 6) is -0.294. The summed E-state index contributed by atoms with van der Waals surface area (Å²) in [6.45, 7) is 1.67. The molecule has 1 saturated heterocycles. The molecule has 37 heavy (non-hydrogen) atoms. The summed E-state index contributed by atoms with van der Waals surface area (Å²) < 4.78 is 11.9. The van der Waals surface area contributed by atoms with Crippen LogP contribution in [0.25, 0.3) is 0 Å². The Bertz CT molecular complexity index is 731. The first-order chi connectivity index (χ1) is 18.0. The van der Waals surface area contributed by atoms with Gasteiger partial charge in [-0.3, -0.25) is 4.79 Å². The molecule has 0 amide bonds. The van der Waals surface area contributed by atoms with Crippen molar-refractivity contribution in [3.8, 4) is 0 Å². The molecule has 1 aliphatic rings. The van der Waals surface area contributed by atoms with Gasteiger partial charge in [0.05, 0.1) is 12.8 Å². The standard InChI is InChI=1S/C27H49N3O7/c1-2-3-4-5-6-7-8-9-10-11-12-13-14-15-16-17-23(32)36-20-21-18-30(29-28-21)27-26(35)25(34)24(33)22(19-31)37-27/h18,22,24-27,31,33-35H,2-17,19-20H2,1H3/t22-,24-,25+,26-,27-/m1/s1. The number of esters is 1. The molecular weight excluding hydrogens is 478 g/mol. The van der Waals surface area contributed by atoms with E-state index < -0.39 is 37.3 Å². The second kappa shape index (κ2) is 18.6. The first kappa shape index (κ1) is 31.6. The zero-order valence-electron chi connectivity index (χ0n) is 22.5. The Hall–Kier alpha value is -1.59. The van der Waals surface area contributed by atoms with Gasteiger partial charge in [0.2, 0.25) is 0 Å². The molecule has 5 atom stereocenters. The van der Waals surface area contributed by atoms with Crippen molar-refractivity contribution in [1.82, 2.24) is 15.0 Å². The highest BCUT2D eigenvalue weighted by Gasteiger charge is 2.44. The monoisotopic (exact) mass is 527 g/mol. The molecule has 0 saturated carbocycles. The molecule has 10 nitrogen and oxygen atoms in total. The topological polar surface area (TPSA) is 147 Å². The van der Waals surface area contributed by atoms with E-state index in [2.05, 4.69) is 17.2 Å². The van der Waals surface area contributed by atoms with E-state index >= 15 is 0 Å². The zero-order valence-corrected chi connectivity index (χ0v) is 22.5. The van der Waals surface area contributed by atoms with Crippen molar-refractivity contribution in [2.75, 3.05) is 6.61 Å². The van der Waals surface area contributed by atoms with Gasteiger partial charge in [-0.2, -0.15) is 0 Å². The second-order valence-corrected chi connectivity index (χ2v) is 10.3. The van der Waals surface area contributed by atoms with Crippen molar-refractivity contribution in [2.45, 2.75) is 147 Å². The van der Waals surface area contributed by atoms with Gasteiger partial charge >= 0.3 is 5.97 Å². The van der Waals surface area contributed by atoms with Gasteiger partial charge in [-0.25, -0.2) is 4.68 Å². The number of rotatable bonds is 20. The third-order valence-electron chi connectivity index (χ3n) is 7.05. The number of carbonyl (C=O) groups excluding carboxylic acids is 1. The highest BCUT2D eigenvalue weighted by molar-refractivity contribution is 5.69. The van der Waals surface area contributed by atoms with Crippen LogP contribution in [0.15, 0.2) is 6.20 Å². The van der Waals surface area contributed by atoms with E-state index in [-0.39, 0.29) is 12.6 Å². The Labute approximate surface area is 221 Å². The van der Waals surface area contributed by atoms with Crippen molar-refractivity contribution in [2.24, 2.45) is 0 Å². The number of ether oxygens (including phenoxy) is 2. The maximum absolute atomic E-state index is 12.0. The number of carbonyl (C=O) groups is 1. The van der Waals surface area contributed by atoms with Gasteiger partial charge in [0.15, 0.2) is 6.23 Å².